The molecule has 3 aromatic rings. The maximum absolute atomic E-state index is 13.7. The highest BCUT2D eigenvalue weighted by Crippen LogP contribution is 2.35. The van der Waals surface area contributed by atoms with Gasteiger partial charge >= 0.3 is 6.18 Å². The average molecular weight is 394 g/mol. The highest BCUT2D eigenvalue weighted by atomic mass is 35.5. The van der Waals surface area contributed by atoms with Gasteiger partial charge in [0.25, 0.3) is 5.91 Å². The number of hydrogen-bond acceptors (Lipinski definition) is 2. The van der Waals surface area contributed by atoms with Crippen molar-refractivity contribution in [1.29, 1.82) is 0 Å². The fraction of sp³-hybridized carbons (Fsp3) is 0.158. The molecule has 27 heavy (non-hydrogen) atoms. The number of halogens is 4. The van der Waals surface area contributed by atoms with Crippen molar-refractivity contribution in [1.82, 2.24) is 9.78 Å². The summed E-state index contributed by atoms with van der Waals surface area (Å²) in [6, 6.07) is 12.7. The molecule has 0 aliphatic carbocycles. The topological polar surface area (TPSA) is 38.1 Å². The predicted octanol–water partition coefficient (Wildman–Crippen LogP) is 5.13. The first-order chi connectivity index (χ1) is 12.7. The van der Waals surface area contributed by atoms with Gasteiger partial charge in [0.1, 0.15) is 0 Å². The Morgan fingerprint density at radius 3 is 2.41 bits per heavy atom. The van der Waals surface area contributed by atoms with E-state index in [-0.39, 0.29) is 10.7 Å². The van der Waals surface area contributed by atoms with Crippen molar-refractivity contribution in [3.8, 4) is 5.69 Å². The van der Waals surface area contributed by atoms with Gasteiger partial charge in [0.15, 0.2) is 5.69 Å². The highest BCUT2D eigenvalue weighted by molar-refractivity contribution is 6.30. The van der Waals surface area contributed by atoms with E-state index in [4.69, 9.17) is 11.6 Å². The Balaban J connectivity index is 2.08. The smallest absolute Gasteiger partial charge is 0.311 e. The molecule has 0 saturated heterocycles. The fourth-order valence-corrected chi connectivity index (χ4v) is 2.83. The molecule has 0 radical (unpaired) electrons. The SMILES string of the molecule is Cc1ccc(N(C)C(=O)c2cnn(-c3cccc(Cl)c3)c2C(F)(F)F)cc1. The van der Waals surface area contributed by atoms with Gasteiger partial charge < -0.3 is 4.90 Å². The monoisotopic (exact) mass is 393 g/mol. The van der Waals surface area contributed by atoms with Crippen LogP contribution in [0.15, 0.2) is 54.7 Å². The van der Waals surface area contributed by atoms with Crippen molar-refractivity contribution in [3.05, 3.63) is 76.6 Å². The van der Waals surface area contributed by atoms with Crippen LogP contribution in [0.5, 0.6) is 0 Å². The summed E-state index contributed by atoms with van der Waals surface area (Å²) in [7, 11) is 1.42. The minimum atomic E-state index is -4.78. The molecule has 0 unspecified atom stereocenters. The molecule has 0 atom stereocenters. The lowest BCUT2D eigenvalue weighted by atomic mass is 10.1. The second-order valence-electron chi connectivity index (χ2n) is 6.00. The molecule has 1 heterocycles. The van der Waals surface area contributed by atoms with E-state index in [1.54, 1.807) is 30.3 Å². The molecular formula is C19H15ClF3N3O. The first-order valence-electron chi connectivity index (χ1n) is 7.94. The number of hydrogen-bond donors (Lipinski definition) is 0. The van der Waals surface area contributed by atoms with Gasteiger partial charge in [0.05, 0.1) is 17.4 Å². The van der Waals surface area contributed by atoms with Crippen LogP contribution < -0.4 is 4.90 Å². The minimum Gasteiger partial charge on any atom is -0.311 e. The number of amides is 1. The second-order valence-corrected chi connectivity index (χ2v) is 6.43. The summed E-state index contributed by atoms with van der Waals surface area (Å²) in [5.74, 6) is -0.806. The molecule has 140 valence electrons. The van der Waals surface area contributed by atoms with E-state index >= 15 is 0 Å². The Hall–Kier alpha value is -2.80. The Bertz CT molecular complexity index is 981. The Labute approximate surface area is 158 Å². The van der Waals surface area contributed by atoms with Crippen molar-refractivity contribution >= 4 is 23.2 Å². The van der Waals surface area contributed by atoms with Gasteiger partial charge in [0.2, 0.25) is 0 Å². The maximum Gasteiger partial charge on any atom is 0.434 e. The van der Waals surface area contributed by atoms with E-state index in [1.807, 2.05) is 6.92 Å². The number of aromatic nitrogens is 2. The van der Waals surface area contributed by atoms with Crippen LogP contribution in [-0.4, -0.2) is 22.7 Å². The van der Waals surface area contributed by atoms with E-state index in [1.165, 1.54) is 25.2 Å². The Kier molecular flexibility index (Phi) is 4.97. The zero-order valence-electron chi connectivity index (χ0n) is 14.5. The molecule has 0 N–H and O–H groups in total. The molecule has 0 bridgehead atoms. The molecule has 0 aliphatic heterocycles. The van der Waals surface area contributed by atoms with Crippen molar-refractivity contribution in [2.45, 2.75) is 13.1 Å². The van der Waals surface area contributed by atoms with Crippen LogP contribution in [0, 0.1) is 6.92 Å². The quantitative estimate of drug-likeness (QED) is 0.618. The lowest BCUT2D eigenvalue weighted by Gasteiger charge is -2.19. The summed E-state index contributed by atoms with van der Waals surface area (Å²) in [6.45, 7) is 1.88. The van der Waals surface area contributed by atoms with Crippen molar-refractivity contribution in [2.75, 3.05) is 11.9 Å². The van der Waals surface area contributed by atoms with E-state index in [0.717, 1.165) is 16.7 Å². The predicted molar refractivity (Wildman–Crippen MR) is 97.5 cm³/mol. The first kappa shape index (κ1) is 19.0. The van der Waals surface area contributed by atoms with Crippen LogP contribution in [-0.2, 0) is 6.18 Å². The molecule has 2 aromatic carbocycles. The maximum atomic E-state index is 13.7. The molecule has 3 rings (SSSR count). The van der Waals surface area contributed by atoms with Gasteiger partial charge in [-0.2, -0.15) is 18.3 Å². The summed E-state index contributed by atoms with van der Waals surface area (Å²) >= 11 is 5.88. The van der Waals surface area contributed by atoms with E-state index < -0.39 is 23.3 Å². The second kappa shape index (κ2) is 7.08. The van der Waals surface area contributed by atoms with E-state index in [0.29, 0.717) is 10.4 Å². The van der Waals surface area contributed by atoms with Crippen LogP contribution in [0.2, 0.25) is 5.02 Å². The van der Waals surface area contributed by atoms with Crippen molar-refractivity contribution in [3.63, 3.8) is 0 Å². The molecule has 0 spiro atoms. The number of benzene rings is 2. The van der Waals surface area contributed by atoms with Crippen molar-refractivity contribution in [2.24, 2.45) is 0 Å². The lowest BCUT2D eigenvalue weighted by molar-refractivity contribution is -0.143. The van der Waals surface area contributed by atoms with Gasteiger partial charge in [-0.3, -0.25) is 4.79 Å². The number of aryl methyl sites for hydroxylation is 1. The number of nitrogens with zero attached hydrogens (tertiary/aromatic N) is 3. The molecule has 1 aromatic heterocycles. The molecule has 0 fully saturated rings. The fourth-order valence-electron chi connectivity index (χ4n) is 2.65. The number of carbonyl (C=O) groups excluding carboxylic acids is 1. The molecule has 0 aliphatic rings. The molecule has 8 heteroatoms. The van der Waals surface area contributed by atoms with Gasteiger partial charge in [-0.1, -0.05) is 35.4 Å². The third-order valence-corrected chi connectivity index (χ3v) is 4.28. The Morgan fingerprint density at radius 2 is 1.81 bits per heavy atom. The van der Waals surface area contributed by atoms with Gasteiger partial charge in [-0.25, -0.2) is 4.68 Å². The summed E-state index contributed by atoms with van der Waals surface area (Å²) < 4.78 is 41.9. The first-order valence-corrected chi connectivity index (χ1v) is 8.32. The van der Waals surface area contributed by atoms with Crippen LogP contribution in [0.25, 0.3) is 5.69 Å². The summed E-state index contributed by atoms with van der Waals surface area (Å²) in [5, 5.41) is 4.06. The standard InChI is InChI=1S/C19H15ClF3N3O/c1-12-6-8-14(9-7-12)25(2)18(27)16-11-24-26(17(16)19(21,22)23)15-5-3-4-13(20)10-15/h3-11H,1-2H3. The van der Waals surface area contributed by atoms with E-state index in [9.17, 15) is 18.0 Å². The highest BCUT2D eigenvalue weighted by Gasteiger charge is 2.41. The third-order valence-electron chi connectivity index (χ3n) is 4.05. The summed E-state index contributed by atoms with van der Waals surface area (Å²) in [6.07, 6.45) is -3.85. The van der Waals surface area contributed by atoms with Crippen LogP contribution in [0.3, 0.4) is 0 Å². The molecule has 4 nitrogen and oxygen atoms in total. The zero-order valence-corrected chi connectivity index (χ0v) is 15.2. The Morgan fingerprint density at radius 1 is 1.15 bits per heavy atom. The number of rotatable bonds is 3. The minimum absolute atomic E-state index is 0.117. The third kappa shape index (κ3) is 3.83. The molecule has 1 amide bonds. The molecular weight excluding hydrogens is 379 g/mol. The number of alkyl halides is 3. The van der Waals surface area contributed by atoms with Gasteiger partial charge in [0, 0.05) is 17.8 Å². The lowest BCUT2D eigenvalue weighted by Crippen LogP contribution is -2.28. The number of carbonyl (C=O) groups is 1. The van der Waals surface area contributed by atoms with Crippen LogP contribution >= 0.6 is 11.6 Å². The average Bonchev–Trinajstić information content (AvgIpc) is 3.06. The largest absolute Gasteiger partial charge is 0.434 e. The van der Waals surface area contributed by atoms with Crippen LogP contribution in [0.1, 0.15) is 21.6 Å². The van der Waals surface area contributed by atoms with Crippen molar-refractivity contribution < 1.29 is 18.0 Å². The molecule has 0 saturated carbocycles. The van der Waals surface area contributed by atoms with Gasteiger partial charge in [-0.15, -0.1) is 0 Å². The van der Waals surface area contributed by atoms with E-state index in [2.05, 4.69) is 5.10 Å². The number of anilines is 1. The normalized spacial score (nSPS) is 11.5. The zero-order chi connectivity index (χ0) is 19.8. The van der Waals surface area contributed by atoms with Crippen LogP contribution in [0.4, 0.5) is 18.9 Å². The summed E-state index contributed by atoms with van der Waals surface area (Å²) in [4.78, 5) is 13.9. The summed E-state index contributed by atoms with van der Waals surface area (Å²) in [5.41, 5.74) is -0.107. The van der Waals surface area contributed by atoms with Gasteiger partial charge in [-0.05, 0) is 37.3 Å².